The lowest BCUT2D eigenvalue weighted by molar-refractivity contribution is 0.354. The second kappa shape index (κ2) is 6.01. The van der Waals surface area contributed by atoms with Crippen LogP contribution in [-0.4, -0.2) is 29.0 Å². The van der Waals surface area contributed by atoms with Crippen LogP contribution in [0.2, 0.25) is 0 Å². The highest BCUT2D eigenvalue weighted by atomic mass is 32.1. The number of ether oxygens (including phenoxy) is 2. The molecule has 0 radical (unpaired) electrons. The molecule has 1 N–H and O–H groups in total. The Labute approximate surface area is 143 Å². The number of aromatic nitrogens is 3. The van der Waals surface area contributed by atoms with Crippen LogP contribution < -0.4 is 14.8 Å². The number of allylic oxidation sites excluding steroid dienone is 1. The first-order valence-electron chi connectivity index (χ1n) is 7.44. The van der Waals surface area contributed by atoms with Gasteiger partial charge in [0.05, 0.1) is 24.8 Å². The Morgan fingerprint density at radius 3 is 2.79 bits per heavy atom. The number of anilines is 1. The minimum Gasteiger partial charge on any atom is -0.493 e. The number of nitrogens with zero attached hydrogens (tertiary/aromatic N) is 3. The molecule has 0 aliphatic carbocycles. The average molecular weight is 340 g/mol. The van der Waals surface area contributed by atoms with E-state index in [2.05, 4.69) is 32.9 Å². The Morgan fingerprint density at radius 1 is 1.17 bits per heavy atom. The van der Waals surface area contributed by atoms with Crippen molar-refractivity contribution in [2.75, 3.05) is 19.5 Å². The van der Waals surface area contributed by atoms with Gasteiger partial charge >= 0.3 is 0 Å². The van der Waals surface area contributed by atoms with Crippen molar-refractivity contribution in [3.05, 3.63) is 58.6 Å². The molecule has 6 nitrogen and oxygen atoms in total. The summed E-state index contributed by atoms with van der Waals surface area (Å²) in [7, 11) is 3.27. The third kappa shape index (κ3) is 2.43. The highest BCUT2D eigenvalue weighted by Gasteiger charge is 2.24. The van der Waals surface area contributed by atoms with Gasteiger partial charge in [0.25, 0.3) is 0 Å². The maximum Gasteiger partial charge on any atom is 0.226 e. The Balaban J connectivity index is 1.81. The number of thiophene rings is 1. The molecule has 3 aromatic rings. The number of benzene rings is 1. The van der Waals surface area contributed by atoms with Gasteiger partial charge < -0.3 is 14.8 Å². The Morgan fingerprint density at radius 2 is 2.04 bits per heavy atom. The van der Waals surface area contributed by atoms with Crippen LogP contribution in [0.4, 0.5) is 5.95 Å². The molecule has 24 heavy (non-hydrogen) atoms. The molecule has 4 rings (SSSR count). The zero-order valence-corrected chi connectivity index (χ0v) is 14.1. The predicted octanol–water partition coefficient (Wildman–Crippen LogP) is 3.41. The standard InChI is InChI=1S/C17H16N4O2S/c1-22-14-6-5-11(8-15(14)23-2)13-9-12(16-4-3-7-24-16)20-17-18-10-19-21(13)17/h3-10,13H,1-2H3,(H,18,19,20)/t13-/m1/s1. The molecular formula is C17H16N4O2S. The number of nitrogens with one attached hydrogen (secondary N) is 1. The zero-order valence-electron chi connectivity index (χ0n) is 13.3. The summed E-state index contributed by atoms with van der Waals surface area (Å²) in [6.45, 7) is 0. The van der Waals surface area contributed by atoms with Crippen LogP contribution in [0.5, 0.6) is 11.5 Å². The molecule has 0 unspecified atom stereocenters. The monoisotopic (exact) mass is 340 g/mol. The van der Waals surface area contributed by atoms with E-state index in [-0.39, 0.29) is 6.04 Å². The fraction of sp³-hybridized carbons (Fsp3) is 0.176. The fourth-order valence-electron chi connectivity index (χ4n) is 2.78. The number of hydrogen-bond donors (Lipinski definition) is 1. The van der Waals surface area contributed by atoms with Gasteiger partial charge in [-0.15, -0.1) is 11.3 Å². The quantitative estimate of drug-likeness (QED) is 0.788. The number of fused-ring (bicyclic) bond motifs is 1. The van der Waals surface area contributed by atoms with Crippen LogP contribution in [0, 0.1) is 0 Å². The topological polar surface area (TPSA) is 61.2 Å². The summed E-state index contributed by atoms with van der Waals surface area (Å²) >= 11 is 1.68. The van der Waals surface area contributed by atoms with Crippen LogP contribution in [0.3, 0.4) is 0 Å². The summed E-state index contributed by atoms with van der Waals surface area (Å²) in [6, 6.07) is 9.95. The molecule has 0 fully saturated rings. The van der Waals surface area contributed by atoms with Crippen LogP contribution in [-0.2, 0) is 0 Å². The first-order chi connectivity index (χ1) is 11.8. The van der Waals surface area contributed by atoms with Crippen molar-refractivity contribution in [2.24, 2.45) is 0 Å². The van der Waals surface area contributed by atoms with E-state index in [1.807, 2.05) is 28.9 Å². The molecule has 1 aromatic carbocycles. The number of methoxy groups -OCH3 is 2. The minimum absolute atomic E-state index is 0.0688. The summed E-state index contributed by atoms with van der Waals surface area (Å²) in [5.41, 5.74) is 2.08. The van der Waals surface area contributed by atoms with Crippen molar-refractivity contribution in [3.8, 4) is 11.5 Å². The molecule has 1 atom stereocenters. The van der Waals surface area contributed by atoms with E-state index < -0.39 is 0 Å². The maximum atomic E-state index is 5.43. The van der Waals surface area contributed by atoms with E-state index in [0.29, 0.717) is 11.5 Å². The Kier molecular flexibility index (Phi) is 3.70. The molecule has 0 spiro atoms. The summed E-state index contributed by atoms with van der Waals surface area (Å²) in [5, 5.41) is 9.75. The van der Waals surface area contributed by atoms with E-state index in [4.69, 9.17) is 9.47 Å². The molecule has 0 bridgehead atoms. The first-order valence-corrected chi connectivity index (χ1v) is 8.32. The van der Waals surface area contributed by atoms with Crippen LogP contribution in [0.1, 0.15) is 16.5 Å². The van der Waals surface area contributed by atoms with E-state index >= 15 is 0 Å². The van der Waals surface area contributed by atoms with Gasteiger partial charge in [0, 0.05) is 0 Å². The van der Waals surface area contributed by atoms with Gasteiger partial charge in [0.2, 0.25) is 5.95 Å². The number of hydrogen-bond acceptors (Lipinski definition) is 6. The van der Waals surface area contributed by atoms with Crippen molar-refractivity contribution >= 4 is 23.0 Å². The molecule has 3 heterocycles. The van der Waals surface area contributed by atoms with Gasteiger partial charge in [-0.2, -0.15) is 10.1 Å². The third-order valence-electron chi connectivity index (χ3n) is 3.94. The molecule has 2 aromatic heterocycles. The van der Waals surface area contributed by atoms with Crippen LogP contribution in [0.25, 0.3) is 5.70 Å². The molecule has 122 valence electrons. The SMILES string of the molecule is COc1ccc([C@H]2C=C(c3cccs3)Nc3ncnn32)cc1OC. The first kappa shape index (κ1) is 14.8. The van der Waals surface area contributed by atoms with Crippen molar-refractivity contribution in [1.82, 2.24) is 14.8 Å². The molecule has 1 aliphatic rings. The van der Waals surface area contributed by atoms with Gasteiger partial charge in [-0.05, 0) is 35.2 Å². The Bertz CT molecular complexity index is 886. The smallest absolute Gasteiger partial charge is 0.226 e. The molecule has 7 heteroatoms. The Hall–Kier alpha value is -2.80. The van der Waals surface area contributed by atoms with E-state index in [9.17, 15) is 0 Å². The average Bonchev–Trinajstić information content (AvgIpc) is 3.31. The second-order valence-corrected chi connectivity index (χ2v) is 6.22. The van der Waals surface area contributed by atoms with Crippen molar-refractivity contribution < 1.29 is 9.47 Å². The van der Waals surface area contributed by atoms with Gasteiger partial charge in [-0.25, -0.2) is 4.68 Å². The van der Waals surface area contributed by atoms with Gasteiger partial charge in [0.1, 0.15) is 12.4 Å². The summed E-state index contributed by atoms with van der Waals surface area (Å²) in [6.07, 6.45) is 3.70. The van der Waals surface area contributed by atoms with Crippen LogP contribution >= 0.6 is 11.3 Å². The molecule has 0 saturated carbocycles. The maximum absolute atomic E-state index is 5.43. The van der Waals surface area contributed by atoms with E-state index in [1.165, 1.54) is 0 Å². The van der Waals surface area contributed by atoms with Crippen molar-refractivity contribution in [3.63, 3.8) is 0 Å². The van der Waals surface area contributed by atoms with Crippen LogP contribution in [0.15, 0.2) is 48.1 Å². The second-order valence-electron chi connectivity index (χ2n) is 5.27. The van der Waals surface area contributed by atoms with Crippen molar-refractivity contribution in [2.45, 2.75) is 6.04 Å². The molecule has 0 saturated heterocycles. The normalized spacial score (nSPS) is 16.1. The number of rotatable bonds is 4. The molecular weight excluding hydrogens is 324 g/mol. The lowest BCUT2D eigenvalue weighted by atomic mass is 10.0. The van der Waals surface area contributed by atoms with Gasteiger partial charge in [0.15, 0.2) is 11.5 Å². The van der Waals surface area contributed by atoms with Gasteiger partial charge in [-0.1, -0.05) is 12.1 Å². The summed E-state index contributed by atoms with van der Waals surface area (Å²) < 4.78 is 12.6. The third-order valence-corrected chi connectivity index (χ3v) is 4.85. The summed E-state index contributed by atoms with van der Waals surface area (Å²) in [5.74, 6) is 2.12. The highest BCUT2D eigenvalue weighted by molar-refractivity contribution is 7.11. The molecule has 1 aliphatic heterocycles. The predicted molar refractivity (Wildman–Crippen MR) is 93.6 cm³/mol. The largest absolute Gasteiger partial charge is 0.493 e. The van der Waals surface area contributed by atoms with E-state index in [1.54, 1.807) is 31.9 Å². The minimum atomic E-state index is -0.0688. The fourth-order valence-corrected chi connectivity index (χ4v) is 3.49. The summed E-state index contributed by atoms with van der Waals surface area (Å²) in [4.78, 5) is 5.48. The van der Waals surface area contributed by atoms with Gasteiger partial charge in [-0.3, -0.25) is 0 Å². The zero-order chi connectivity index (χ0) is 16.5. The highest BCUT2D eigenvalue weighted by Crippen LogP contribution is 2.36. The van der Waals surface area contributed by atoms with E-state index in [0.717, 1.165) is 22.1 Å². The van der Waals surface area contributed by atoms with Crippen molar-refractivity contribution in [1.29, 1.82) is 0 Å². The lowest BCUT2D eigenvalue weighted by Gasteiger charge is -2.24. The molecule has 0 amide bonds. The lowest BCUT2D eigenvalue weighted by Crippen LogP contribution is -2.20.